The van der Waals surface area contributed by atoms with Crippen molar-refractivity contribution < 1.29 is 4.79 Å². The summed E-state index contributed by atoms with van der Waals surface area (Å²) in [4.78, 5) is 13.2. The van der Waals surface area contributed by atoms with E-state index in [1.54, 1.807) is 6.08 Å². The number of aromatic nitrogens is 1. The zero-order valence-electron chi connectivity index (χ0n) is 20.7. The van der Waals surface area contributed by atoms with Crippen LogP contribution in [0.4, 0.5) is 5.69 Å². The fourth-order valence-electron chi connectivity index (χ4n) is 4.44. The van der Waals surface area contributed by atoms with Crippen LogP contribution in [0.5, 0.6) is 0 Å². The van der Waals surface area contributed by atoms with Gasteiger partial charge < -0.3 is 9.88 Å². The lowest BCUT2D eigenvalue weighted by Crippen LogP contribution is -2.13. The molecular formula is C33H24BrN3O. The van der Waals surface area contributed by atoms with Gasteiger partial charge in [-0.1, -0.05) is 88.7 Å². The van der Waals surface area contributed by atoms with E-state index in [9.17, 15) is 10.1 Å². The Morgan fingerprint density at radius 2 is 1.50 bits per heavy atom. The number of carbonyl (C=O) groups is 1. The lowest BCUT2D eigenvalue weighted by atomic mass is 10.0. The third-order valence-electron chi connectivity index (χ3n) is 6.17. The van der Waals surface area contributed by atoms with Gasteiger partial charge in [-0.2, -0.15) is 5.26 Å². The molecule has 38 heavy (non-hydrogen) atoms. The molecule has 0 unspecified atom stereocenters. The average Bonchev–Trinajstić information content (AvgIpc) is 3.32. The van der Waals surface area contributed by atoms with E-state index in [-0.39, 0.29) is 5.57 Å². The second-order valence-electron chi connectivity index (χ2n) is 8.87. The predicted octanol–water partition coefficient (Wildman–Crippen LogP) is 8.43. The summed E-state index contributed by atoms with van der Waals surface area (Å²) in [6, 6.07) is 39.9. The van der Waals surface area contributed by atoms with Crippen molar-refractivity contribution in [1.82, 2.24) is 4.57 Å². The molecule has 5 heteroatoms. The largest absolute Gasteiger partial charge is 0.321 e. The number of nitrogens with one attached hydrogen (secondary N) is 1. The van der Waals surface area contributed by atoms with Crippen molar-refractivity contribution in [2.24, 2.45) is 0 Å². The van der Waals surface area contributed by atoms with Crippen LogP contribution < -0.4 is 5.32 Å². The van der Waals surface area contributed by atoms with Gasteiger partial charge in [-0.25, -0.2) is 0 Å². The second-order valence-corrected chi connectivity index (χ2v) is 9.79. The zero-order valence-corrected chi connectivity index (χ0v) is 22.3. The predicted molar refractivity (Wildman–Crippen MR) is 158 cm³/mol. The number of halogens is 1. The van der Waals surface area contributed by atoms with E-state index in [2.05, 4.69) is 44.0 Å². The Hall–Kier alpha value is -4.66. The van der Waals surface area contributed by atoms with Gasteiger partial charge in [-0.3, -0.25) is 4.79 Å². The van der Waals surface area contributed by atoms with E-state index in [4.69, 9.17) is 0 Å². The van der Waals surface area contributed by atoms with Crippen molar-refractivity contribution in [2.45, 2.75) is 6.92 Å². The monoisotopic (exact) mass is 557 g/mol. The molecule has 0 aliphatic heterocycles. The summed E-state index contributed by atoms with van der Waals surface area (Å²) >= 11 is 3.54. The van der Waals surface area contributed by atoms with Gasteiger partial charge in [-0.15, -0.1) is 0 Å². The third-order valence-corrected chi connectivity index (χ3v) is 6.70. The highest BCUT2D eigenvalue weighted by atomic mass is 79.9. The number of anilines is 1. The molecule has 1 amide bonds. The molecule has 0 fully saturated rings. The Morgan fingerprint density at radius 3 is 2.13 bits per heavy atom. The molecule has 1 heterocycles. The average molecular weight is 558 g/mol. The van der Waals surface area contributed by atoms with Gasteiger partial charge in [0.25, 0.3) is 5.91 Å². The van der Waals surface area contributed by atoms with Gasteiger partial charge in [0.05, 0.1) is 11.4 Å². The number of aryl methyl sites for hydroxylation is 1. The number of benzene rings is 4. The van der Waals surface area contributed by atoms with E-state index >= 15 is 0 Å². The first-order valence-corrected chi connectivity index (χ1v) is 12.9. The summed E-state index contributed by atoms with van der Waals surface area (Å²) in [6.45, 7) is 1.96. The normalized spacial score (nSPS) is 11.1. The number of carbonyl (C=O) groups excluding carboxylic acids is 1. The fourth-order valence-corrected chi connectivity index (χ4v) is 4.70. The Bertz CT molecular complexity index is 1660. The van der Waals surface area contributed by atoms with Crippen LogP contribution in [0.3, 0.4) is 0 Å². The third kappa shape index (κ3) is 5.36. The van der Waals surface area contributed by atoms with Crippen molar-refractivity contribution in [3.05, 3.63) is 136 Å². The van der Waals surface area contributed by atoms with Gasteiger partial charge in [0.15, 0.2) is 0 Å². The van der Waals surface area contributed by atoms with Gasteiger partial charge in [-0.05, 0) is 72.2 Å². The van der Waals surface area contributed by atoms with Crippen LogP contribution in [-0.4, -0.2) is 10.5 Å². The molecule has 4 aromatic carbocycles. The summed E-state index contributed by atoms with van der Waals surface area (Å²) in [5.74, 6) is -0.449. The van der Waals surface area contributed by atoms with Gasteiger partial charge in [0.2, 0.25) is 0 Å². The first-order chi connectivity index (χ1) is 18.5. The second kappa shape index (κ2) is 11.2. The number of rotatable bonds is 6. The van der Waals surface area contributed by atoms with Crippen LogP contribution >= 0.6 is 15.9 Å². The standard InChI is InChI=1S/C33H24BrN3O/c1-23-9-8-14-29(19-23)36-33(38)27(22-35)20-26-21-31(24-10-4-2-5-11-24)37(30-17-15-28(34)16-18-30)32(26)25-12-6-3-7-13-25/h2-21H,1H3,(H,36,38)/b27-20+. The van der Waals surface area contributed by atoms with Crippen LogP contribution in [0.15, 0.2) is 125 Å². The number of nitrogens with zero attached hydrogens (tertiary/aromatic N) is 2. The Kier molecular flexibility index (Phi) is 7.35. The quantitative estimate of drug-likeness (QED) is 0.168. The summed E-state index contributed by atoms with van der Waals surface area (Å²) < 4.78 is 3.16. The maximum absolute atomic E-state index is 13.2. The number of hydrogen-bond donors (Lipinski definition) is 1. The molecule has 0 spiro atoms. The zero-order chi connectivity index (χ0) is 26.5. The highest BCUT2D eigenvalue weighted by Gasteiger charge is 2.20. The van der Waals surface area contributed by atoms with Crippen molar-refractivity contribution >= 4 is 33.6 Å². The van der Waals surface area contributed by atoms with Crippen molar-refractivity contribution in [2.75, 3.05) is 5.32 Å². The van der Waals surface area contributed by atoms with Gasteiger partial charge in [0, 0.05) is 21.4 Å². The maximum Gasteiger partial charge on any atom is 0.266 e. The minimum absolute atomic E-state index is 0.0243. The molecule has 184 valence electrons. The molecule has 0 bridgehead atoms. The molecule has 0 aliphatic carbocycles. The molecule has 1 N–H and O–H groups in total. The number of nitriles is 1. The molecule has 1 aromatic heterocycles. The van der Waals surface area contributed by atoms with E-state index in [0.717, 1.165) is 43.8 Å². The SMILES string of the molecule is Cc1cccc(NC(=O)/C(C#N)=C/c2cc(-c3ccccc3)n(-c3ccc(Br)cc3)c2-c2ccccc2)c1. The molecule has 0 saturated carbocycles. The van der Waals surface area contributed by atoms with Crippen molar-refractivity contribution in [1.29, 1.82) is 5.26 Å². The Morgan fingerprint density at radius 1 is 0.842 bits per heavy atom. The lowest BCUT2D eigenvalue weighted by Gasteiger charge is -2.15. The number of amides is 1. The Balaban J connectivity index is 1.72. The molecular weight excluding hydrogens is 534 g/mol. The molecule has 0 radical (unpaired) electrons. The summed E-state index contributed by atoms with van der Waals surface area (Å²) in [7, 11) is 0. The van der Waals surface area contributed by atoms with Crippen molar-refractivity contribution in [3.8, 4) is 34.3 Å². The molecule has 5 rings (SSSR count). The van der Waals surface area contributed by atoms with Crippen LogP contribution in [-0.2, 0) is 4.79 Å². The minimum atomic E-state index is -0.449. The van der Waals surface area contributed by atoms with Crippen LogP contribution in [0.1, 0.15) is 11.1 Å². The molecule has 0 saturated heterocycles. The fraction of sp³-hybridized carbons (Fsp3) is 0.0303. The summed E-state index contributed by atoms with van der Waals surface area (Å²) in [6.07, 6.45) is 1.68. The Labute approximate surface area is 230 Å². The molecule has 0 atom stereocenters. The molecule has 5 aromatic rings. The first-order valence-electron chi connectivity index (χ1n) is 12.2. The molecule has 0 aliphatic rings. The number of hydrogen-bond acceptors (Lipinski definition) is 2. The van der Waals surface area contributed by atoms with Crippen LogP contribution in [0.2, 0.25) is 0 Å². The van der Waals surface area contributed by atoms with Gasteiger partial charge in [0.1, 0.15) is 11.6 Å². The summed E-state index contributed by atoms with van der Waals surface area (Å²) in [5, 5.41) is 12.9. The highest BCUT2D eigenvalue weighted by molar-refractivity contribution is 9.10. The topological polar surface area (TPSA) is 57.8 Å². The van der Waals surface area contributed by atoms with Crippen molar-refractivity contribution in [3.63, 3.8) is 0 Å². The lowest BCUT2D eigenvalue weighted by molar-refractivity contribution is -0.112. The van der Waals surface area contributed by atoms with E-state index in [1.165, 1.54) is 0 Å². The highest BCUT2D eigenvalue weighted by Crippen LogP contribution is 2.37. The van der Waals surface area contributed by atoms with Gasteiger partial charge >= 0.3 is 0 Å². The minimum Gasteiger partial charge on any atom is -0.321 e. The van der Waals surface area contributed by atoms with E-state index < -0.39 is 5.91 Å². The molecule has 4 nitrogen and oxygen atoms in total. The maximum atomic E-state index is 13.2. The van der Waals surface area contributed by atoms with E-state index in [1.807, 2.05) is 110 Å². The summed E-state index contributed by atoms with van der Waals surface area (Å²) in [5.41, 5.74) is 7.28. The first kappa shape index (κ1) is 25.0. The van der Waals surface area contributed by atoms with Crippen LogP contribution in [0.25, 0.3) is 34.3 Å². The smallest absolute Gasteiger partial charge is 0.266 e. The van der Waals surface area contributed by atoms with Crippen LogP contribution in [0, 0.1) is 18.3 Å². The van der Waals surface area contributed by atoms with E-state index in [0.29, 0.717) is 5.69 Å².